The molecule has 0 aliphatic heterocycles. The number of thioether (sulfide) groups is 1. The fraction of sp³-hybridized carbons (Fsp3) is 0.312. The lowest BCUT2D eigenvalue weighted by atomic mass is 10.00. The van der Waals surface area contributed by atoms with Crippen LogP contribution in [0.15, 0.2) is 53.7 Å². The summed E-state index contributed by atoms with van der Waals surface area (Å²) < 4.78 is 0. The molecule has 0 aliphatic rings. The van der Waals surface area contributed by atoms with Gasteiger partial charge in [-0.3, -0.25) is 4.98 Å². The lowest BCUT2D eigenvalue weighted by molar-refractivity contribution is 0.632. The molecule has 0 saturated carbocycles. The van der Waals surface area contributed by atoms with E-state index < -0.39 is 0 Å². The Balaban J connectivity index is 2.29. The Kier molecular flexibility index (Phi) is 5.00. The Hall–Kier alpha value is -1.32. The van der Waals surface area contributed by atoms with E-state index in [4.69, 9.17) is 5.73 Å². The Morgan fingerprint density at radius 1 is 1.16 bits per heavy atom. The average Bonchev–Trinajstić information content (AvgIpc) is 2.46. The zero-order chi connectivity index (χ0) is 13.7. The quantitative estimate of drug-likeness (QED) is 0.837. The van der Waals surface area contributed by atoms with Crippen LogP contribution in [0.1, 0.15) is 29.7 Å². The normalized spacial score (nSPS) is 14.1. The number of hydrogen-bond acceptors (Lipinski definition) is 3. The molecule has 0 bridgehead atoms. The first-order valence-electron chi connectivity index (χ1n) is 6.60. The third kappa shape index (κ3) is 3.58. The lowest BCUT2D eigenvalue weighted by Crippen LogP contribution is -2.26. The highest BCUT2D eigenvalue weighted by atomic mass is 32.2. The number of pyridine rings is 1. The first-order chi connectivity index (χ1) is 9.22. The summed E-state index contributed by atoms with van der Waals surface area (Å²) in [5.74, 6) is 0. The third-order valence-electron chi connectivity index (χ3n) is 3.27. The zero-order valence-corrected chi connectivity index (χ0v) is 12.2. The average molecular weight is 272 g/mol. The molecule has 2 unspecified atom stereocenters. The van der Waals surface area contributed by atoms with E-state index in [1.165, 1.54) is 16.0 Å². The van der Waals surface area contributed by atoms with Gasteiger partial charge in [0.25, 0.3) is 0 Å². The van der Waals surface area contributed by atoms with E-state index >= 15 is 0 Å². The highest BCUT2D eigenvalue weighted by molar-refractivity contribution is 7.99. The van der Waals surface area contributed by atoms with Gasteiger partial charge < -0.3 is 5.73 Å². The third-order valence-corrected chi connectivity index (χ3v) is 4.67. The molecule has 1 aromatic heterocycles. The Morgan fingerprint density at radius 3 is 2.47 bits per heavy atom. The van der Waals surface area contributed by atoms with Crippen molar-refractivity contribution in [1.82, 2.24) is 4.98 Å². The summed E-state index contributed by atoms with van der Waals surface area (Å²) in [5, 5.41) is 0.286. The lowest BCUT2D eigenvalue weighted by Gasteiger charge is -2.24. The van der Waals surface area contributed by atoms with Gasteiger partial charge in [-0.1, -0.05) is 31.2 Å². The summed E-state index contributed by atoms with van der Waals surface area (Å²) in [6, 6.07) is 12.7. The van der Waals surface area contributed by atoms with Gasteiger partial charge in [0.2, 0.25) is 0 Å². The van der Waals surface area contributed by atoms with Gasteiger partial charge >= 0.3 is 0 Å². The van der Waals surface area contributed by atoms with Crippen molar-refractivity contribution in [3.05, 3.63) is 59.9 Å². The Bertz CT molecular complexity index is 513. The van der Waals surface area contributed by atoms with Crippen molar-refractivity contribution < 1.29 is 0 Å². The molecule has 1 aromatic carbocycles. The molecule has 3 heteroatoms. The second-order valence-corrected chi connectivity index (χ2v) is 5.87. The molecule has 2 rings (SSSR count). The van der Waals surface area contributed by atoms with Gasteiger partial charge in [-0.2, -0.15) is 0 Å². The van der Waals surface area contributed by atoms with Crippen molar-refractivity contribution in [1.29, 1.82) is 0 Å². The summed E-state index contributed by atoms with van der Waals surface area (Å²) in [4.78, 5) is 5.28. The molecule has 19 heavy (non-hydrogen) atoms. The minimum absolute atomic E-state index is 0.152. The second-order valence-electron chi connectivity index (χ2n) is 4.65. The van der Waals surface area contributed by atoms with Gasteiger partial charge in [0.1, 0.15) is 0 Å². The van der Waals surface area contributed by atoms with Crippen LogP contribution in [0.25, 0.3) is 0 Å². The van der Waals surface area contributed by atoms with Crippen molar-refractivity contribution in [2.24, 2.45) is 5.73 Å². The minimum Gasteiger partial charge on any atom is -0.326 e. The van der Waals surface area contributed by atoms with Crippen LogP contribution in [0.5, 0.6) is 0 Å². The smallest absolute Gasteiger partial charge is 0.0498 e. The predicted octanol–water partition coefficient (Wildman–Crippen LogP) is 3.96. The summed E-state index contributed by atoms with van der Waals surface area (Å²) in [5.41, 5.74) is 8.97. The molecule has 0 spiro atoms. The summed E-state index contributed by atoms with van der Waals surface area (Å²) in [6.45, 7) is 4.29. The van der Waals surface area contributed by atoms with Crippen LogP contribution in [0, 0.1) is 6.92 Å². The van der Waals surface area contributed by atoms with Crippen molar-refractivity contribution in [2.75, 3.05) is 0 Å². The van der Waals surface area contributed by atoms with Crippen molar-refractivity contribution in [3.8, 4) is 0 Å². The molecule has 2 N–H and O–H groups in total. The molecule has 2 atom stereocenters. The van der Waals surface area contributed by atoms with E-state index in [1.807, 2.05) is 36.3 Å². The van der Waals surface area contributed by atoms with Crippen LogP contribution in [0.2, 0.25) is 0 Å². The van der Waals surface area contributed by atoms with Gasteiger partial charge in [0, 0.05) is 28.6 Å². The van der Waals surface area contributed by atoms with Crippen molar-refractivity contribution in [2.45, 2.75) is 36.5 Å². The molecule has 100 valence electrons. The van der Waals surface area contributed by atoms with Gasteiger partial charge in [-0.15, -0.1) is 11.8 Å². The van der Waals surface area contributed by atoms with Crippen LogP contribution in [-0.2, 0) is 0 Å². The fourth-order valence-corrected chi connectivity index (χ4v) is 3.40. The number of rotatable bonds is 5. The van der Waals surface area contributed by atoms with E-state index in [1.54, 1.807) is 0 Å². The number of nitrogens with two attached hydrogens (primary N) is 1. The summed E-state index contributed by atoms with van der Waals surface area (Å²) >= 11 is 1.82. The van der Waals surface area contributed by atoms with E-state index in [2.05, 4.69) is 43.1 Å². The van der Waals surface area contributed by atoms with Crippen LogP contribution in [0.4, 0.5) is 0 Å². The molecule has 2 aromatic rings. The second kappa shape index (κ2) is 6.73. The van der Waals surface area contributed by atoms with Crippen molar-refractivity contribution >= 4 is 11.8 Å². The van der Waals surface area contributed by atoms with Gasteiger partial charge in [0.05, 0.1) is 0 Å². The monoisotopic (exact) mass is 272 g/mol. The predicted molar refractivity (Wildman–Crippen MR) is 82.3 cm³/mol. The maximum absolute atomic E-state index is 6.33. The molecule has 0 amide bonds. The van der Waals surface area contributed by atoms with Crippen molar-refractivity contribution in [3.63, 3.8) is 0 Å². The number of aromatic nitrogens is 1. The molecule has 0 radical (unpaired) electrons. The molecule has 0 aliphatic carbocycles. The standard InChI is InChI=1S/C16H20N2S/c1-3-15(17)16(14-7-5-4-6-12(14)2)19-13-8-10-18-11-9-13/h4-11,15-16H,3,17H2,1-2H3. The minimum atomic E-state index is 0.152. The van der Waals surface area contributed by atoms with E-state index in [-0.39, 0.29) is 11.3 Å². The first-order valence-corrected chi connectivity index (χ1v) is 7.48. The topological polar surface area (TPSA) is 38.9 Å². The largest absolute Gasteiger partial charge is 0.326 e. The van der Waals surface area contributed by atoms with E-state index in [0.717, 1.165) is 6.42 Å². The highest BCUT2D eigenvalue weighted by Crippen LogP contribution is 2.39. The fourth-order valence-electron chi connectivity index (χ4n) is 2.07. The number of nitrogens with zero attached hydrogens (tertiary/aromatic N) is 1. The van der Waals surface area contributed by atoms with Crippen LogP contribution in [0.3, 0.4) is 0 Å². The number of benzene rings is 1. The van der Waals surface area contributed by atoms with Gasteiger partial charge in [0.15, 0.2) is 0 Å². The summed E-state index contributed by atoms with van der Waals surface area (Å²) in [7, 11) is 0. The van der Waals surface area contributed by atoms with Crippen LogP contribution < -0.4 is 5.73 Å². The zero-order valence-electron chi connectivity index (χ0n) is 11.4. The summed E-state index contributed by atoms with van der Waals surface area (Å²) in [6.07, 6.45) is 4.63. The van der Waals surface area contributed by atoms with Crippen LogP contribution in [-0.4, -0.2) is 11.0 Å². The van der Waals surface area contributed by atoms with Crippen LogP contribution >= 0.6 is 11.8 Å². The molecular weight excluding hydrogens is 252 g/mol. The molecule has 2 nitrogen and oxygen atoms in total. The molecular formula is C16H20N2S. The van der Waals surface area contributed by atoms with E-state index in [9.17, 15) is 0 Å². The maximum Gasteiger partial charge on any atom is 0.0498 e. The Labute approximate surface area is 119 Å². The molecule has 1 heterocycles. The highest BCUT2D eigenvalue weighted by Gasteiger charge is 2.21. The number of aryl methyl sites for hydroxylation is 1. The first kappa shape index (κ1) is 14.1. The number of hydrogen-bond donors (Lipinski definition) is 1. The SMILES string of the molecule is CCC(N)C(Sc1ccncc1)c1ccccc1C. The van der Waals surface area contributed by atoms with E-state index in [0.29, 0.717) is 0 Å². The van der Waals surface area contributed by atoms with Gasteiger partial charge in [-0.25, -0.2) is 0 Å². The Morgan fingerprint density at radius 2 is 1.84 bits per heavy atom. The maximum atomic E-state index is 6.33. The molecule has 0 fully saturated rings. The molecule has 0 saturated heterocycles. The van der Waals surface area contributed by atoms with Gasteiger partial charge in [-0.05, 0) is 36.6 Å².